The molecule has 0 aliphatic carbocycles. The first-order valence-corrected chi connectivity index (χ1v) is 7.05. The first-order chi connectivity index (χ1) is 9.55. The Hall–Kier alpha value is -1.65. The van der Waals surface area contributed by atoms with Gasteiger partial charge in [0.25, 0.3) is 0 Å². The molecule has 0 unspecified atom stereocenters. The Labute approximate surface area is 119 Å². The van der Waals surface area contributed by atoms with Crippen LogP contribution in [0.5, 0.6) is 0 Å². The molecule has 3 rings (SSSR count). The average molecular weight is 271 g/mol. The van der Waals surface area contributed by atoms with Crippen LogP contribution in [-0.2, 0) is 19.2 Å². The molecule has 20 heavy (non-hydrogen) atoms. The Kier molecular flexibility index (Phi) is 3.36. The van der Waals surface area contributed by atoms with E-state index in [9.17, 15) is 5.11 Å². The van der Waals surface area contributed by atoms with Crippen molar-refractivity contribution >= 4 is 0 Å². The summed E-state index contributed by atoms with van der Waals surface area (Å²) >= 11 is 0. The zero-order chi connectivity index (χ0) is 14.2. The summed E-state index contributed by atoms with van der Waals surface area (Å²) < 4.78 is 1.82. The lowest BCUT2D eigenvalue weighted by atomic mass is 9.92. The van der Waals surface area contributed by atoms with Crippen molar-refractivity contribution in [3.63, 3.8) is 0 Å². The second-order valence-corrected chi connectivity index (χ2v) is 5.88. The normalized spacial score (nSPS) is 23.4. The van der Waals surface area contributed by atoms with Crippen LogP contribution in [0.4, 0.5) is 0 Å². The maximum absolute atomic E-state index is 10.8. The molecule has 0 bridgehead atoms. The van der Waals surface area contributed by atoms with Crippen LogP contribution in [0.2, 0.25) is 0 Å². The Bertz CT molecular complexity index is 590. The van der Waals surface area contributed by atoms with Crippen molar-refractivity contribution in [2.24, 2.45) is 7.05 Å². The highest BCUT2D eigenvalue weighted by Crippen LogP contribution is 2.32. The molecule has 1 saturated heterocycles. The fraction of sp³-hybridized carbons (Fsp3) is 0.438. The molecule has 1 aromatic carbocycles. The summed E-state index contributed by atoms with van der Waals surface area (Å²) in [4.78, 5) is 2.29. The van der Waals surface area contributed by atoms with Crippen LogP contribution in [0, 0.1) is 6.92 Å². The molecule has 106 valence electrons. The van der Waals surface area contributed by atoms with Crippen molar-refractivity contribution in [1.82, 2.24) is 14.7 Å². The van der Waals surface area contributed by atoms with Gasteiger partial charge in [-0.15, -0.1) is 0 Å². The van der Waals surface area contributed by atoms with Gasteiger partial charge in [-0.1, -0.05) is 29.8 Å². The molecule has 1 aromatic heterocycles. The van der Waals surface area contributed by atoms with Crippen molar-refractivity contribution in [3.8, 4) is 0 Å². The number of likely N-dealkylation sites (tertiary alicyclic amines) is 1. The van der Waals surface area contributed by atoms with E-state index in [1.807, 2.05) is 36.3 Å². The van der Waals surface area contributed by atoms with E-state index in [-0.39, 0.29) is 0 Å². The monoisotopic (exact) mass is 271 g/mol. The molecular weight excluding hydrogens is 250 g/mol. The molecule has 0 amide bonds. The van der Waals surface area contributed by atoms with Crippen LogP contribution in [-0.4, -0.2) is 32.9 Å². The van der Waals surface area contributed by atoms with Gasteiger partial charge in [0.05, 0.1) is 6.20 Å². The number of aromatic nitrogens is 2. The molecule has 0 radical (unpaired) electrons. The Morgan fingerprint density at radius 1 is 1.30 bits per heavy atom. The van der Waals surface area contributed by atoms with Crippen molar-refractivity contribution < 1.29 is 5.11 Å². The van der Waals surface area contributed by atoms with Crippen molar-refractivity contribution in [1.29, 1.82) is 0 Å². The summed E-state index contributed by atoms with van der Waals surface area (Å²) in [5.74, 6) is 0. The van der Waals surface area contributed by atoms with Gasteiger partial charge in [0, 0.05) is 38.4 Å². The third-order valence-electron chi connectivity index (χ3n) is 4.08. The SMILES string of the molecule is Cc1ccc([C@]2(O)CCN(Cc3cnn(C)c3)C2)cc1. The second-order valence-electron chi connectivity index (χ2n) is 5.88. The van der Waals surface area contributed by atoms with Crippen LogP contribution >= 0.6 is 0 Å². The molecule has 0 spiro atoms. The Morgan fingerprint density at radius 3 is 2.70 bits per heavy atom. The van der Waals surface area contributed by atoms with Gasteiger partial charge < -0.3 is 5.11 Å². The highest BCUT2D eigenvalue weighted by atomic mass is 16.3. The predicted molar refractivity (Wildman–Crippen MR) is 78.2 cm³/mol. The number of β-amino-alcohol motifs (C(OH)–C–C–N with tert-alkyl or cyclic N) is 1. The van der Waals surface area contributed by atoms with Gasteiger partial charge in [-0.25, -0.2) is 0 Å². The number of aryl methyl sites for hydroxylation is 2. The van der Waals surface area contributed by atoms with E-state index >= 15 is 0 Å². The molecule has 1 aliphatic heterocycles. The summed E-state index contributed by atoms with van der Waals surface area (Å²) in [5.41, 5.74) is 2.73. The molecule has 4 heteroatoms. The number of aliphatic hydroxyl groups is 1. The average Bonchev–Trinajstić information content (AvgIpc) is 2.98. The van der Waals surface area contributed by atoms with Crippen LogP contribution in [0.1, 0.15) is 23.1 Å². The number of hydrogen-bond donors (Lipinski definition) is 1. The molecule has 2 aromatic rings. The summed E-state index contributed by atoms with van der Waals surface area (Å²) in [5, 5.41) is 15.0. The van der Waals surface area contributed by atoms with E-state index in [4.69, 9.17) is 0 Å². The highest BCUT2D eigenvalue weighted by Gasteiger charge is 2.37. The molecule has 1 atom stereocenters. The van der Waals surface area contributed by atoms with Gasteiger partial charge in [-0.2, -0.15) is 5.10 Å². The predicted octanol–water partition coefficient (Wildman–Crippen LogP) is 1.82. The van der Waals surface area contributed by atoms with Gasteiger partial charge in [0.2, 0.25) is 0 Å². The minimum Gasteiger partial charge on any atom is -0.384 e. The van der Waals surface area contributed by atoms with Gasteiger partial charge in [-0.3, -0.25) is 9.58 Å². The fourth-order valence-electron chi connectivity index (χ4n) is 2.92. The van der Waals surface area contributed by atoms with Crippen LogP contribution in [0.3, 0.4) is 0 Å². The second kappa shape index (κ2) is 5.04. The first-order valence-electron chi connectivity index (χ1n) is 7.05. The standard InChI is InChI=1S/C16H21N3O/c1-13-3-5-15(6-4-13)16(20)7-8-19(12-16)11-14-9-17-18(2)10-14/h3-6,9-10,20H,7-8,11-12H2,1-2H3/t16-/m0/s1. The van der Waals surface area contributed by atoms with Crippen LogP contribution in [0.25, 0.3) is 0 Å². The Morgan fingerprint density at radius 2 is 2.05 bits per heavy atom. The topological polar surface area (TPSA) is 41.3 Å². The van der Waals surface area contributed by atoms with Gasteiger partial charge in [0.15, 0.2) is 0 Å². The van der Waals surface area contributed by atoms with Crippen molar-refractivity contribution in [2.45, 2.75) is 25.5 Å². The molecule has 1 aliphatic rings. The largest absolute Gasteiger partial charge is 0.384 e. The third-order valence-corrected chi connectivity index (χ3v) is 4.08. The van der Waals surface area contributed by atoms with Gasteiger partial charge in [-0.05, 0) is 18.9 Å². The van der Waals surface area contributed by atoms with Crippen molar-refractivity contribution in [2.75, 3.05) is 13.1 Å². The molecular formula is C16H21N3O. The lowest BCUT2D eigenvalue weighted by Gasteiger charge is -2.24. The summed E-state index contributed by atoms with van der Waals surface area (Å²) in [6.45, 7) is 4.52. The number of rotatable bonds is 3. The van der Waals surface area contributed by atoms with Gasteiger partial charge in [0.1, 0.15) is 5.60 Å². The van der Waals surface area contributed by atoms with E-state index in [2.05, 4.69) is 29.1 Å². The number of benzene rings is 1. The third kappa shape index (κ3) is 2.62. The smallest absolute Gasteiger partial charge is 0.103 e. The molecule has 2 heterocycles. The van der Waals surface area contributed by atoms with E-state index < -0.39 is 5.60 Å². The fourth-order valence-corrected chi connectivity index (χ4v) is 2.92. The van der Waals surface area contributed by atoms with Gasteiger partial charge >= 0.3 is 0 Å². The maximum Gasteiger partial charge on any atom is 0.103 e. The summed E-state index contributed by atoms with van der Waals surface area (Å²) in [6, 6.07) is 8.22. The molecule has 1 N–H and O–H groups in total. The molecule has 1 fully saturated rings. The zero-order valence-electron chi connectivity index (χ0n) is 12.1. The maximum atomic E-state index is 10.8. The zero-order valence-corrected chi connectivity index (χ0v) is 12.1. The minimum absolute atomic E-state index is 0.685. The lowest BCUT2D eigenvalue weighted by Crippen LogP contribution is -2.30. The molecule has 4 nitrogen and oxygen atoms in total. The highest BCUT2D eigenvalue weighted by molar-refractivity contribution is 5.28. The first kappa shape index (κ1) is 13.3. The van der Waals surface area contributed by atoms with Crippen LogP contribution < -0.4 is 0 Å². The van der Waals surface area contributed by atoms with E-state index in [1.54, 1.807) is 0 Å². The van der Waals surface area contributed by atoms with E-state index in [1.165, 1.54) is 11.1 Å². The van der Waals surface area contributed by atoms with E-state index in [0.717, 1.165) is 25.1 Å². The quantitative estimate of drug-likeness (QED) is 0.926. The number of nitrogens with zero attached hydrogens (tertiary/aromatic N) is 3. The minimum atomic E-state index is -0.712. The Balaban J connectivity index is 1.70. The summed E-state index contributed by atoms with van der Waals surface area (Å²) in [7, 11) is 1.93. The molecule has 0 saturated carbocycles. The number of hydrogen-bond acceptors (Lipinski definition) is 3. The van der Waals surface area contributed by atoms with Crippen molar-refractivity contribution in [3.05, 3.63) is 53.3 Å². The summed E-state index contributed by atoms with van der Waals surface area (Å²) in [6.07, 6.45) is 4.71. The van der Waals surface area contributed by atoms with Crippen LogP contribution in [0.15, 0.2) is 36.7 Å². The van der Waals surface area contributed by atoms with E-state index in [0.29, 0.717) is 6.54 Å². The lowest BCUT2D eigenvalue weighted by molar-refractivity contribution is 0.0453.